The lowest BCUT2D eigenvalue weighted by molar-refractivity contribution is -0.137. The molecule has 1 N–H and O–H groups in total. The van der Waals surface area contributed by atoms with Crippen LogP contribution in [0.15, 0.2) is 47.0 Å². The molecule has 5 rings (SSSR count). The number of fused-ring (bicyclic) bond motifs is 1. The van der Waals surface area contributed by atoms with E-state index in [0.29, 0.717) is 43.6 Å². The predicted octanol–water partition coefficient (Wildman–Crippen LogP) is 4.35. The lowest BCUT2D eigenvalue weighted by atomic mass is 9.85. The minimum Gasteiger partial charge on any atom is -0.356 e. The molecule has 2 aliphatic rings. The summed E-state index contributed by atoms with van der Waals surface area (Å²) in [4.78, 5) is 16.8. The molecule has 6 nitrogen and oxygen atoms in total. The van der Waals surface area contributed by atoms with Crippen molar-refractivity contribution in [1.82, 2.24) is 15.4 Å². The van der Waals surface area contributed by atoms with Gasteiger partial charge in [-0.3, -0.25) is 4.79 Å². The third-order valence-corrected chi connectivity index (χ3v) is 6.90. The van der Waals surface area contributed by atoms with Crippen LogP contribution in [0.4, 0.5) is 23.2 Å². The van der Waals surface area contributed by atoms with Crippen LogP contribution in [0, 0.1) is 5.82 Å². The number of amides is 1. The molecule has 0 radical (unpaired) electrons. The van der Waals surface area contributed by atoms with Gasteiger partial charge in [0, 0.05) is 30.2 Å². The fraction of sp³-hybridized carbons (Fsp3) is 0.417. The Morgan fingerprint density at radius 1 is 1.12 bits per heavy atom. The Morgan fingerprint density at radius 3 is 2.68 bits per heavy atom. The lowest BCUT2D eigenvalue weighted by Crippen LogP contribution is -2.56. The molecular weight excluding hydrogens is 452 g/mol. The van der Waals surface area contributed by atoms with Crippen LogP contribution in [-0.2, 0) is 17.4 Å². The maximum atomic E-state index is 13.3. The van der Waals surface area contributed by atoms with E-state index in [4.69, 9.17) is 4.52 Å². The Balaban J connectivity index is 1.22. The molecule has 3 aromatic rings. The van der Waals surface area contributed by atoms with Crippen LogP contribution in [0.5, 0.6) is 0 Å². The Labute approximate surface area is 193 Å². The molecule has 2 aromatic carbocycles. The third kappa shape index (κ3) is 4.11. The van der Waals surface area contributed by atoms with Gasteiger partial charge in [-0.1, -0.05) is 11.2 Å². The van der Waals surface area contributed by atoms with Gasteiger partial charge < -0.3 is 19.6 Å². The van der Waals surface area contributed by atoms with E-state index < -0.39 is 17.3 Å². The van der Waals surface area contributed by atoms with Crippen molar-refractivity contribution in [2.45, 2.75) is 37.4 Å². The van der Waals surface area contributed by atoms with Crippen LogP contribution in [-0.4, -0.2) is 47.8 Å². The van der Waals surface area contributed by atoms with Gasteiger partial charge in [0.05, 0.1) is 17.9 Å². The normalized spacial score (nSPS) is 18.7. The number of piperidine rings is 1. The van der Waals surface area contributed by atoms with Crippen molar-refractivity contribution in [2.24, 2.45) is 0 Å². The zero-order valence-electron chi connectivity index (χ0n) is 18.4. The number of nitrogens with zero attached hydrogens (tertiary/aromatic N) is 3. The first-order chi connectivity index (χ1) is 16.3. The van der Waals surface area contributed by atoms with Gasteiger partial charge in [-0.2, -0.15) is 13.2 Å². The van der Waals surface area contributed by atoms with E-state index in [1.807, 2.05) is 0 Å². The molecule has 0 saturated carbocycles. The summed E-state index contributed by atoms with van der Waals surface area (Å²) in [6.07, 6.45) is -1.89. The summed E-state index contributed by atoms with van der Waals surface area (Å²) in [7, 11) is 0. The monoisotopic (exact) mass is 476 g/mol. The average molecular weight is 476 g/mol. The molecular formula is C24H24F4N4O2. The Kier molecular flexibility index (Phi) is 5.71. The van der Waals surface area contributed by atoms with Crippen molar-refractivity contribution < 1.29 is 26.9 Å². The topological polar surface area (TPSA) is 61.6 Å². The molecule has 2 fully saturated rings. The number of carbonyl (C=O) groups excluding carboxylic acids is 1. The molecule has 10 heteroatoms. The van der Waals surface area contributed by atoms with Crippen molar-refractivity contribution in [1.29, 1.82) is 0 Å². The van der Waals surface area contributed by atoms with Gasteiger partial charge >= 0.3 is 6.18 Å². The van der Waals surface area contributed by atoms with Gasteiger partial charge in [0.25, 0.3) is 0 Å². The van der Waals surface area contributed by atoms with E-state index >= 15 is 0 Å². The zero-order valence-corrected chi connectivity index (χ0v) is 18.4. The highest BCUT2D eigenvalue weighted by Gasteiger charge is 2.50. The number of hydrogen-bond acceptors (Lipinski definition) is 5. The van der Waals surface area contributed by atoms with Crippen LogP contribution < -0.4 is 10.2 Å². The number of alkyl halides is 3. The second-order valence-electron chi connectivity index (χ2n) is 8.89. The van der Waals surface area contributed by atoms with Crippen LogP contribution in [0.25, 0.3) is 11.0 Å². The van der Waals surface area contributed by atoms with Crippen LogP contribution in [0.2, 0.25) is 0 Å². The highest BCUT2D eigenvalue weighted by molar-refractivity contribution is 5.93. The fourth-order valence-corrected chi connectivity index (χ4v) is 5.04. The summed E-state index contributed by atoms with van der Waals surface area (Å²) in [5.74, 6) is -0.501. The Bertz CT molecular complexity index is 1200. The summed E-state index contributed by atoms with van der Waals surface area (Å²) in [5, 5.41) is 7.69. The SMILES string of the molecule is O=C1NCN(c2cccc(C(F)(F)F)c2)C12CCN(CCCc1noc3cc(F)ccc13)CC2. The lowest BCUT2D eigenvalue weighted by Gasteiger charge is -2.43. The minimum absolute atomic E-state index is 0.133. The number of likely N-dealkylation sites (tertiary alicyclic amines) is 1. The number of aromatic nitrogens is 1. The Morgan fingerprint density at radius 2 is 1.91 bits per heavy atom. The van der Waals surface area contributed by atoms with Crippen molar-refractivity contribution in [3.8, 4) is 0 Å². The number of halogens is 4. The molecule has 180 valence electrons. The molecule has 1 aromatic heterocycles. The molecule has 0 atom stereocenters. The van der Waals surface area contributed by atoms with E-state index in [1.165, 1.54) is 18.2 Å². The minimum atomic E-state index is -4.44. The molecule has 1 spiro atoms. The van der Waals surface area contributed by atoms with Gasteiger partial charge in [-0.25, -0.2) is 4.39 Å². The summed E-state index contributed by atoms with van der Waals surface area (Å²) in [5.41, 5.74) is 0.0508. The number of nitrogens with one attached hydrogen (secondary N) is 1. The van der Waals surface area contributed by atoms with Gasteiger partial charge in [-0.15, -0.1) is 0 Å². The van der Waals surface area contributed by atoms with E-state index in [-0.39, 0.29) is 18.4 Å². The first-order valence-electron chi connectivity index (χ1n) is 11.3. The fourth-order valence-electron chi connectivity index (χ4n) is 5.04. The molecule has 34 heavy (non-hydrogen) atoms. The van der Waals surface area contributed by atoms with Crippen molar-refractivity contribution >= 4 is 22.6 Å². The maximum absolute atomic E-state index is 13.3. The molecule has 3 heterocycles. The quantitative estimate of drug-likeness (QED) is 0.555. The number of aryl methyl sites for hydroxylation is 1. The molecule has 2 aliphatic heterocycles. The molecule has 0 aliphatic carbocycles. The van der Waals surface area contributed by atoms with Crippen LogP contribution in [0.3, 0.4) is 0 Å². The van der Waals surface area contributed by atoms with Gasteiger partial charge in [0.15, 0.2) is 5.58 Å². The van der Waals surface area contributed by atoms with Crippen molar-refractivity contribution in [2.75, 3.05) is 31.2 Å². The van der Waals surface area contributed by atoms with Crippen molar-refractivity contribution in [3.63, 3.8) is 0 Å². The molecule has 0 bridgehead atoms. The summed E-state index contributed by atoms with van der Waals surface area (Å²) < 4.78 is 58.2. The number of benzene rings is 2. The largest absolute Gasteiger partial charge is 0.416 e. The smallest absolute Gasteiger partial charge is 0.356 e. The van der Waals surface area contributed by atoms with Gasteiger partial charge in [0.1, 0.15) is 11.4 Å². The molecule has 1 amide bonds. The average Bonchev–Trinajstić information content (AvgIpc) is 3.35. The second kappa shape index (κ2) is 8.57. The van der Waals surface area contributed by atoms with E-state index in [2.05, 4.69) is 15.4 Å². The number of rotatable bonds is 5. The van der Waals surface area contributed by atoms with E-state index in [1.54, 1.807) is 17.0 Å². The highest BCUT2D eigenvalue weighted by Crippen LogP contribution is 2.38. The zero-order chi connectivity index (χ0) is 23.9. The summed E-state index contributed by atoms with van der Waals surface area (Å²) in [6.45, 7) is 2.30. The van der Waals surface area contributed by atoms with Crippen LogP contribution in [0.1, 0.15) is 30.5 Å². The first-order valence-corrected chi connectivity index (χ1v) is 11.3. The summed E-state index contributed by atoms with van der Waals surface area (Å²) in [6, 6.07) is 9.53. The molecule has 0 unspecified atom stereocenters. The standard InChI is InChI=1S/C24H24F4N4O2/c25-17-6-7-19-20(30-34-21(19)14-17)5-2-10-31-11-8-23(9-12-31)22(33)29-15-32(23)18-4-1-3-16(13-18)24(26,27)28/h1,3-4,6-7,13-14H,2,5,8-12,15H2,(H,29,33). The molecule has 2 saturated heterocycles. The van der Waals surface area contributed by atoms with E-state index in [0.717, 1.165) is 36.2 Å². The number of anilines is 1. The van der Waals surface area contributed by atoms with Gasteiger partial charge in [0.2, 0.25) is 5.91 Å². The third-order valence-electron chi connectivity index (χ3n) is 6.90. The van der Waals surface area contributed by atoms with Crippen molar-refractivity contribution in [3.05, 3.63) is 59.5 Å². The Hall–Kier alpha value is -3.14. The van der Waals surface area contributed by atoms with E-state index in [9.17, 15) is 22.4 Å². The summed E-state index contributed by atoms with van der Waals surface area (Å²) >= 11 is 0. The number of hydrogen-bond donors (Lipinski definition) is 1. The second-order valence-corrected chi connectivity index (χ2v) is 8.89. The van der Waals surface area contributed by atoms with Crippen LogP contribution >= 0.6 is 0 Å². The number of carbonyl (C=O) groups is 1. The first kappa shape index (κ1) is 22.6. The highest BCUT2D eigenvalue weighted by atomic mass is 19.4. The predicted molar refractivity (Wildman–Crippen MR) is 118 cm³/mol. The van der Waals surface area contributed by atoms with Gasteiger partial charge in [-0.05, 0) is 62.6 Å². The maximum Gasteiger partial charge on any atom is 0.416 e.